The van der Waals surface area contributed by atoms with Crippen LogP contribution in [0.15, 0.2) is 82.6 Å². The van der Waals surface area contributed by atoms with Gasteiger partial charge in [0.25, 0.3) is 0 Å². The predicted octanol–water partition coefficient (Wildman–Crippen LogP) is -0.439. The molecule has 0 bridgehead atoms. The molecule has 3 aromatic carbocycles. The van der Waals surface area contributed by atoms with Gasteiger partial charge in [-0.3, -0.25) is 0 Å². The molecule has 0 heterocycles. The molecule has 3 rings (SSSR count). The van der Waals surface area contributed by atoms with Crippen LogP contribution in [0, 0.1) is 0 Å². The second kappa shape index (κ2) is 14.0. The average molecular weight is 526 g/mol. The molecule has 10 heteroatoms. The summed E-state index contributed by atoms with van der Waals surface area (Å²) in [5, 5.41) is 24.5. The van der Waals surface area contributed by atoms with Crippen molar-refractivity contribution in [3.05, 3.63) is 88.9 Å². The van der Waals surface area contributed by atoms with Crippen molar-refractivity contribution in [1.29, 1.82) is 0 Å². The molecule has 7 nitrogen and oxygen atoms in total. The fourth-order valence-corrected chi connectivity index (χ4v) is 4.78. The predicted molar refractivity (Wildman–Crippen MR) is 126 cm³/mol. The van der Waals surface area contributed by atoms with Crippen molar-refractivity contribution in [2.75, 3.05) is 19.7 Å². The number of carbonyl (C=O) groups excluding carboxylic acids is 1. The summed E-state index contributed by atoms with van der Waals surface area (Å²) < 4.78 is 30.6. The third kappa shape index (κ3) is 8.91. The van der Waals surface area contributed by atoms with Crippen LogP contribution in [0.4, 0.5) is 0 Å². The maximum atomic E-state index is 12.8. The van der Waals surface area contributed by atoms with Crippen LogP contribution in [0.25, 0.3) is 0 Å². The summed E-state index contributed by atoms with van der Waals surface area (Å²) in [6.45, 7) is 0.504. The molecule has 0 spiro atoms. The van der Waals surface area contributed by atoms with E-state index in [1.807, 2.05) is 6.07 Å². The SMILES string of the molecule is O=C([O-])COc1ccc(S(=O)(=O)c2ccc(CCCNC[C@H](O)c3cccc(Cl)c3)cc2)cc1.[Na+]. The second-order valence-electron chi connectivity index (χ2n) is 7.66. The number of aliphatic carboxylic acids is 1. The standard InChI is InChI=1S/C25H26ClNO6S.Na/c26-20-5-1-4-19(15-20)24(28)16-27-14-2-3-18-6-10-22(11-7-18)34(31,32)23-12-8-21(9-13-23)33-17-25(29)30;/h1,4-13,15,24,27-28H,2-3,14,16-17H2,(H,29,30);/q;+1/p-1/t24-;/m0./s1. The molecule has 0 aliphatic carbocycles. The zero-order valence-corrected chi connectivity index (χ0v) is 22.9. The second-order valence-corrected chi connectivity index (χ2v) is 10.0. The Hall–Kier alpha value is -1.91. The first-order valence-corrected chi connectivity index (χ1v) is 12.5. The van der Waals surface area contributed by atoms with E-state index in [9.17, 15) is 23.4 Å². The Morgan fingerprint density at radius 1 is 1.03 bits per heavy atom. The minimum atomic E-state index is -3.71. The van der Waals surface area contributed by atoms with E-state index < -0.39 is 28.5 Å². The smallest absolute Gasteiger partial charge is 0.546 e. The summed E-state index contributed by atoms with van der Waals surface area (Å²) >= 11 is 5.95. The van der Waals surface area contributed by atoms with E-state index in [2.05, 4.69) is 5.32 Å². The van der Waals surface area contributed by atoms with Gasteiger partial charge in [0.1, 0.15) is 12.4 Å². The van der Waals surface area contributed by atoms with E-state index in [0.717, 1.165) is 24.0 Å². The van der Waals surface area contributed by atoms with Crippen molar-refractivity contribution in [3.63, 3.8) is 0 Å². The molecule has 2 N–H and O–H groups in total. The number of carboxylic acids is 1. The molecule has 3 aromatic rings. The third-order valence-electron chi connectivity index (χ3n) is 5.11. The van der Waals surface area contributed by atoms with Crippen molar-refractivity contribution >= 4 is 27.4 Å². The Bertz CT molecular complexity index is 1200. The number of hydrogen-bond acceptors (Lipinski definition) is 7. The molecule has 0 saturated heterocycles. The van der Waals surface area contributed by atoms with Crippen LogP contribution in [0.2, 0.25) is 5.02 Å². The normalized spacial score (nSPS) is 11.9. The number of aliphatic hydroxyl groups is 1. The molecule has 0 aliphatic rings. The Morgan fingerprint density at radius 3 is 2.26 bits per heavy atom. The number of benzene rings is 3. The molecule has 0 saturated carbocycles. The summed E-state index contributed by atoms with van der Waals surface area (Å²) in [6, 6.07) is 19.4. The first-order chi connectivity index (χ1) is 16.3. The number of halogens is 1. The summed E-state index contributed by atoms with van der Waals surface area (Å²) in [5.74, 6) is -1.12. The number of hydrogen-bond donors (Lipinski definition) is 2. The van der Waals surface area contributed by atoms with Crippen LogP contribution in [0.5, 0.6) is 5.75 Å². The maximum absolute atomic E-state index is 12.8. The largest absolute Gasteiger partial charge is 1.00 e. The van der Waals surface area contributed by atoms with Crippen molar-refractivity contribution in [2.24, 2.45) is 0 Å². The molecule has 0 radical (unpaired) electrons. The van der Waals surface area contributed by atoms with Gasteiger partial charge < -0.3 is 25.1 Å². The number of carbonyl (C=O) groups is 1. The summed E-state index contributed by atoms with van der Waals surface area (Å²) in [4.78, 5) is 10.7. The Balaban J connectivity index is 0.00000432. The fourth-order valence-electron chi connectivity index (χ4n) is 3.32. The Morgan fingerprint density at radius 2 is 1.66 bits per heavy atom. The third-order valence-corrected chi connectivity index (χ3v) is 7.14. The van der Waals surface area contributed by atoms with E-state index in [-0.39, 0.29) is 45.1 Å². The average Bonchev–Trinajstić information content (AvgIpc) is 2.83. The first-order valence-electron chi connectivity index (χ1n) is 10.7. The van der Waals surface area contributed by atoms with Crippen molar-refractivity contribution < 1.29 is 57.7 Å². The van der Waals surface area contributed by atoms with Gasteiger partial charge in [-0.2, -0.15) is 0 Å². The van der Waals surface area contributed by atoms with Gasteiger partial charge in [-0.15, -0.1) is 0 Å². The van der Waals surface area contributed by atoms with Gasteiger partial charge in [0.15, 0.2) is 0 Å². The van der Waals surface area contributed by atoms with Gasteiger partial charge in [-0.05, 0) is 79.0 Å². The minimum absolute atomic E-state index is 0. The van der Waals surface area contributed by atoms with Crippen LogP contribution in [0.1, 0.15) is 23.7 Å². The van der Waals surface area contributed by atoms with Crippen LogP contribution in [-0.4, -0.2) is 39.2 Å². The van der Waals surface area contributed by atoms with Gasteiger partial charge in [-0.25, -0.2) is 8.42 Å². The number of aryl methyl sites for hydroxylation is 1. The topological polar surface area (TPSA) is 116 Å². The quantitative estimate of drug-likeness (QED) is 0.243. The fraction of sp³-hybridized carbons (Fsp3) is 0.240. The maximum Gasteiger partial charge on any atom is 1.00 e. The summed E-state index contributed by atoms with van der Waals surface area (Å²) in [7, 11) is -3.71. The molecule has 1 atom stereocenters. The van der Waals surface area contributed by atoms with Gasteiger partial charge in [0.2, 0.25) is 9.84 Å². The van der Waals surface area contributed by atoms with E-state index in [1.54, 1.807) is 42.5 Å². The van der Waals surface area contributed by atoms with Gasteiger partial charge in [-0.1, -0.05) is 35.9 Å². The minimum Gasteiger partial charge on any atom is -0.546 e. The summed E-state index contributed by atoms with van der Waals surface area (Å²) in [5.41, 5.74) is 1.76. The Kier molecular flexibility index (Phi) is 11.7. The number of ether oxygens (including phenoxy) is 1. The van der Waals surface area contributed by atoms with Crippen molar-refractivity contribution in [1.82, 2.24) is 5.32 Å². The van der Waals surface area contributed by atoms with Crippen LogP contribution >= 0.6 is 11.6 Å². The van der Waals surface area contributed by atoms with E-state index in [4.69, 9.17) is 16.3 Å². The zero-order valence-electron chi connectivity index (χ0n) is 19.3. The number of sulfone groups is 1. The molecule has 0 aromatic heterocycles. The number of aliphatic hydroxyl groups excluding tert-OH is 1. The van der Waals surface area contributed by atoms with Crippen LogP contribution in [0.3, 0.4) is 0 Å². The van der Waals surface area contributed by atoms with Crippen LogP contribution < -0.4 is 44.7 Å². The molecular weight excluding hydrogens is 501 g/mol. The van der Waals surface area contributed by atoms with E-state index in [0.29, 0.717) is 18.1 Å². The Labute approximate surface area is 232 Å². The van der Waals surface area contributed by atoms with Crippen molar-refractivity contribution in [3.8, 4) is 5.75 Å². The zero-order chi connectivity index (χ0) is 24.6. The molecule has 0 aliphatic heterocycles. The molecule has 180 valence electrons. The number of rotatable bonds is 12. The van der Waals surface area contributed by atoms with Gasteiger partial charge in [0.05, 0.1) is 21.9 Å². The number of carboxylic acid groups (broad SMARTS) is 1. The first kappa shape index (κ1) is 29.3. The van der Waals surface area contributed by atoms with Crippen molar-refractivity contribution in [2.45, 2.75) is 28.7 Å². The van der Waals surface area contributed by atoms with Gasteiger partial charge >= 0.3 is 29.6 Å². The molecule has 0 unspecified atom stereocenters. The van der Waals surface area contributed by atoms with E-state index >= 15 is 0 Å². The van der Waals surface area contributed by atoms with Crippen LogP contribution in [-0.2, 0) is 21.1 Å². The monoisotopic (exact) mass is 525 g/mol. The number of nitrogens with one attached hydrogen (secondary N) is 1. The van der Waals surface area contributed by atoms with E-state index in [1.165, 1.54) is 24.3 Å². The molecular formula is C25H25ClNNaO6S. The van der Waals surface area contributed by atoms with Gasteiger partial charge in [0, 0.05) is 11.6 Å². The molecule has 0 amide bonds. The summed E-state index contributed by atoms with van der Waals surface area (Å²) in [6.07, 6.45) is 0.935. The molecule has 35 heavy (non-hydrogen) atoms. The molecule has 0 fully saturated rings.